The topological polar surface area (TPSA) is 53.6 Å². The molecule has 0 saturated carbocycles. The molecule has 0 fully saturated rings. The van der Waals surface area contributed by atoms with Crippen molar-refractivity contribution in [3.05, 3.63) is 60.2 Å². The van der Waals surface area contributed by atoms with Gasteiger partial charge >= 0.3 is 0 Å². The van der Waals surface area contributed by atoms with E-state index >= 15 is 0 Å². The summed E-state index contributed by atoms with van der Waals surface area (Å²) in [6, 6.07) is 16.4. The summed E-state index contributed by atoms with van der Waals surface area (Å²) in [5, 5.41) is 5.90. The van der Waals surface area contributed by atoms with Crippen LogP contribution in [-0.4, -0.2) is 43.2 Å². The summed E-state index contributed by atoms with van der Waals surface area (Å²) < 4.78 is 5.76. The number of nitrogens with zero attached hydrogens (tertiary/aromatic N) is 1. The van der Waals surface area contributed by atoms with Crippen molar-refractivity contribution in [3.63, 3.8) is 0 Å². The molecule has 0 aliphatic rings. The highest BCUT2D eigenvalue weighted by molar-refractivity contribution is 7.80. The van der Waals surface area contributed by atoms with Gasteiger partial charge in [-0.2, -0.15) is 0 Å². The molecule has 5 nitrogen and oxygen atoms in total. The van der Waals surface area contributed by atoms with E-state index in [1.165, 1.54) is 0 Å². The Balaban J connectivity index is 0.00000163. The van der Waals surface area contributed by atoms with Crippen LogP contribution >= 0.6 is 12.2 Å². The number of carbonyl (C=O) groups excluding carboxylic acids is 1. The minimum absolute atomic E-state index is 0.229. The molecule has 0 unspecified atom stereocenters. The Bertz CT molecular complexity index is 690. The van der Waals surface area contributed by atoms with E-state index in [0.717, 1.165) is 12.2 Å². The monoisotopic (exact) mass is 373 g/mol. The van der Waals surface area contributed by atoms with Gasteiger partial charge in [0.05, 0.1) is 5.69 Å². The van der Waals surface area contributed by atoms with Crippen molar-refractivity contribution in [2.45, 2.75) is 13.8 Å². The average Bonchev–Trinajstić information content (AvgIpc) is 2.65. The van der Waals surface area contributed by atoms with Crippen LogP contribution in [0.5, 0.6) is 5.75 Å². The molecule has 0 radical (unpaired) electrons. The minimum atomic E-state index is -0.251. The molecule has 6 heteroatoms. The zero-order valence-corrected chi connectivity index (χ0v) is 16.6. The summed E-state index contributed by atoms with van der Waals surface area (Å²) in [4.78, 5) is 14.1. The Morgan fingerprint density at radius 3 is 2.31 bits per heavy atom. The Kier molecular flexibility index (Phi) is 9.97. The van der Waals surface area contributed by atoms with Crippen molar-refractivity contribution in [3.8, 4) is 5.75 Å². The Hall–Kier alpha value is -2.44. The molecule has 0 atom stereocenters. The molecule has 0 aliphatic heterocycles. The van der Waals surface area contributed by atoms with E-state index < -0.39 is 0 Å². The lowest BCUT2D eigenvalue weighted by Crippen LogP contribution is -2.34. The summed E-state index contributed by atoms with van der Waals surface area (Å²) in [5.74, 6) is 0.440. The smallest absolute Gasteiger partial charge is 0.257 e. The molecule has 0 bridgehead atoms. The number of likely N-dealkylation sites (N-methyl/N-ethyl adjacent to an activating group) is 1. The summed E-state index contributed by atoms with van der Waals surface area (Å²) in [6.07, 6.45) is 0. The van der Waals surface area contributed by atoms with Gasteiger partial charge < -0.3 is 15.0 Å². The van der Waals surface area contributed by atoms with Crippen molar-refractivity contribution in [1.82, 2.24) is 10.2 Å². The van der Waals surface area contributed by atoms with Crippen molar-refractivity contribution in [1.29, 1.82) is 0 Å². The van der Waals surface area contributed by atoms with E-state index in [1.807, 2.05) is 63.2 Å². The number of hydrogen-bond acceptors (Lipinski definition) is 4. The van der Waals surface area contributed by atoms with Crippen LogP contribution in [0.15, 0.2) is 54.6 Å². The standard InChI is InChI=1S/C18H21N3O2S.C2H6/c1-21(2)12-13-23-16-11-7-6-10-15(16)19-18(24)20-17(22)14-8-4-3-5-9-14;1-2/h3-11H,12-13H2,1-2H3,(H2,19,20,22,24);1-2H3. The van der Waals surface area contributed by atoms with Gasteiger partial charge in [-0.1, -0.05) is 44.2 Å². The molecule has 0 aromatic heterocycles. The third-order valence-corrected chi connectivity index (χ3v) is 3.40. The van der Waals surface area contributed by atoms with Gasteiger partial charge in [0, 0.05) is 12.1 Å². The number of carbonyl (C=O) groups is 1. The first kappa shape index (κ1) is 21.6. The van der Waals surface area contributed by atoms with Crippen molar-refractivity contribution >= 4 is 28.9 Å². The molecular weight excluding hydrogens is 346 g/mol. The second-order valence-electron chi connectivity index (χ2n) is 5.42. The van der Waals surface area contributed by atoms with Crippen LogP contribution in [0.25, 0.3) is 0 Å². The molecule has 0 saturated heterocycles. The van der Waals surface area contributed by atoms with E-state index in [2.05, 4.69) is 10.6 Å². The molecule has 1 amide bonds. The molecule has 0 aliphatic carbocycles. The van der Waals surface area contributed by atoms with Crippen LogP contribution in [0.3, 0.4) is 0 Å². The largest absolute Gasteiger partial charge is 0.490 e. The molecule has 26 heavy (non-hydrogen) atoms. The van der Waals surface area contributed by atoms with Gasteiger partial charge in [0.2, 0.25) is 0 Å². The van der Waals surface area contributed by atoms with E-state index in [4.69, 9.17) is 17.0 Å². The fourth-order valence-electron chi connectivity index (χ4n) is 1.95. The van der Waals surface area contributed by atoms with E-state index in [0.29, 0.717) is 17.9 Å². The summed E-state index contributed by atoms with van der Waals surface area (Å²) in [7, 11) is 3.98. The van der Waals surface area contributed by atoms with Crippen LogP contribution in [0.4, 0.5) is 5.69 Å². The fraction of sp³-hybridized carbons (Fsp3) is 0.300. The third kappa shape index (κ3) is 7.63. The molecular formula is C20H27N3O2S. The maximum atomic E-state index is 12.1. The summed E-state index contributed by atoms with van der Waals surface area (Å²) in [6.45, 7) is 5.37. The average molecular weight is 374 g/mol. The van der Waals surface area contributed by atoms with Crippen molar-refractivity contribution in [2.75, 3.05) is 32.6 Å². The first-order valence-electron chi connectivity index (χ1n) is 8.60. The molecule has 0 spiro atoms. The van der Waals surface area contributed by atoms with Gasteiger partial charge in [-0.15, -0.1) is 0 Å². The number of ether oxygens (including phenoxy) is 1. The van der Waals surface area contributed by atoms with Gasteiger partial charge in [0.25, 0.3) is 5.91 Å². The van der Waals surface area contributed by atoms with Gasteiger partial charge in [-0.25, -0.2) is 0 Å². The van der Waals surface area contributed by atoms with E-state index in [1.54, 1.807) is 24.3 Å². The molecule has 0 heterocycles. The number of amides is 1. The highest BCUT2D eigenvalue weighted by atomic mass is 32.1. The first-order valence-corrected chi connectivity index (χ1v) is 9.01. The van der Waals surface area contributed by atoms with E-state index in [-0.39, 0.29) is 11.0 Å². The first-order chi connectivity index (χ1) is 12.6. The molecule has 2 aromatic rings. The molecule has 140 valence electrons. The third-order valence-electron chi connectivity index (χ3n) is 3.19. The van der Waals surface area contributed by atoms with Crippen LogP contribution in [0.1, 0.15) is 24.2 Å². The highest BCUT2D eigenvalue weighted by Crippen LogP contribution is 2.23. The lowest BCUT2D eigenvalue weighted by molar-refractivity contribution is 0.0977. The predicted octanol–water partition coefficient (Wildman–Crippen LogP) is 3.78. The van der Waals surface area contributed by atoms with Crippen LogP contribution in [0.2, 0.25) is 0 Å². The molecule has 2 aromatic carbocycles. The fourth-order valence-corrected chi connectivity index (χ4v) is 2.15. The Morgan fingerprint density at radius 2 is 1.65 bits per heavy atom. The maximum Gasteiger partial charge on any atom is 0.257 e. The Morgan fingerprint density at radius 1 is 1.04 bits per heavy atom. The summed E-state index contributed by atoms with van der Waals surface area (Å²) in [5.41, 5.74) is 1.27. The van der Waals surface area contributed by atoms with Crippen molar-refractivity contribution in [2.24, 2.45) is 0 Å². The van der Waals surface area contributed by atoms with E-state index in [9.17, 15) is 4.79 Å². The number of benzene rings is 2. The Labute approximate surface area is 161 Å². The number of para-hydroxylation sites is 2. The number of nitrogens with one attached hydrogen (secondary N) is 2. The van der Waals surface area contributed by atoms with Gasteiger partial charge in [0.15, 0.2) is 5.11 Å². The van der Waals surface area contributed by atoms with Gasteiger partial charge in [0.1, 0.15) is 12.4 Å². The maximum absolute atomic E-state index is 12.1. The van der Waals surface area contributed by atoms with Gasteiger partial charge in [-0.05, 0) is 50.6 Å². The SMILES string of the molecule is CC.CN(C)CCOc1ccccc1NC(=S)NC(=O)c1ccccc1. The van der Waals surface area contributed by atoms with Crippen LogP contribution in [-0.2, 0) is 0 Å². The lowest BCUT2D eigenvalue weighted by atomic mass is 10.2. The minimum Gasteiger partial charge on any atom is -0.490 e. The summed E-state index contributed by atoms with van der Waals surface area (Å²) >= 11 is 5.22. The molecule has 2 N–H and O–H groups in total. The quantitative estimate of drug-likeness (QED) is 0.755. The van der Waals surface area contributed by atoms with Gasteiger partial charge in [-0.3, -0.25) is 10.1 Å². The number of anilines is 1. The normalized spacial score (nSPS) is 9.73. The zero-order valence-electron chi connectivity index (χ0n) is 15.8. The number of rotatable bonds is 6. The lowest BCUT2D eigenvalue weighted by Gasteiger charge is -2.15. The number of thiocarbonyl (C=S) groups is 1. The second kappa shape index (κ2) is 12.0. The number of hydrogen-bond donors (Lipinski definition) is 2. The second-order valence-corrected chi connectivity index (χ2v) is 5.83. The van der Waals surface area contributed by atoms with Crippen LogP contribution in [0, 0.1) is 0 Å². The predicted molar refractivity (Wildman–Crippen MR) is 112 cm³/mol. The molecule has 2 rings (SSSR count). The highest BCUT2D eigenvalue weighted by Gasteiger charge is 2.09. The van der Waals surface area contributed by atoms with Crippen molar-refractivity contribution < 1.29 is 9.53 Å². The van der Waals surface area contributed by atoms with Crippen LogP contribution < -0.4 is 15.4 Å². The zero-order chi connectivity index (χ0) is 19.4.